The van der Waals surface area contributed by atoms with E-state index in [2.05, 4.69) is 20.9 Å². The first kappa shape index (κ1) is 22.4. The Bertz CT molecular complexity index is 1320. The van der Waals surface area contributed by atoms with E-state index in [1.54, 1.807) is 30.1 Å². The number of piperidine rings is 2. The van der Waals surface area contributed by atoms with E-state index in [4.69, 9.17) is 0 Å². The Balaban J connectivity index is 1.23. The number of carbonyl (C=O) groups is 5. The van der Waals surface area contributed by atoms with Crippen LogP contribution in [0.3, 0.4) is 0 Å². The molecule has 12 heteroatoms. The molecule has 1 aromatic heterocycles. The fourth-order valence-electron chi connectivity index (χ4n) is 6.07. The third-order valence-corrected chi connectivity index (χ3v) is 7.82. The highest BCUT2D eigenvalue weighted by atomic mass is 16.2. The maximum atomic E-state index is 13.3. The Morgan fingerprint density at radius 2 is 1.97 bits per heavy atom. The number of amides is 5. The molecule has 12 nitrogen and oxygen atoms in total. The SMILES string of the molecule is CNC(=O)[C@@H]1[C@H]2CC[C@H](C2)N1C(=O)c1cn(-c2ccc3c(c2)C(=O)N(C2CCC(=O)NC2=O)C3)nn1. The molecule has 0 radical (unpaired) electrons. The first-order valence-electron chi connectivity index (χ1n) is 12.1. The lowest BCUT2D eigenvalue weighted by atomic mass is 9.97. The number of nitrogens with one attached hydrogen (secondary N) is 2. The third-order valence-electron chi connectivity index (χ3n) is 7.82. The van der Waals surface area contributed by atoms with Gasteiger partial charge < -0.3 is 15.1 Å². The quantitative estimate of drug-likeness (QED) is 0.562. The van der Waals surface area contributed by atoms with Crippen molar-refractivity contribution < 1.29 is 24.0 Å². The molecule has 36 heavy (non-hydrogen) atoms. The predicted octanol–water partition coefficient (Wildman–Crippen LogP) is -0.233. The van der Waals surface area contributed by atoms with E-state index in [-0.39, 0.29) is 54.2 Å². The zero-order valence-electron chi connectivity index (χ0n) is 19.6. The maximum Gasteiger partial charge on any atom is 0.276 e. The molecule has 2 N–H and O–H groups in total. The molecule has 2 bridgehead atoms. The van der Waals surface area contributed by atoms with Crippen molar-refractivity contribution in [3.05, 3.63) is 41.2 Å². The van der Waals surface area contributed by atoms with Gasteiger partial charge in [-0.15, -0.1) is 5.10 Å². The van der Waals surface area contributed by atoms with Gasteiger partial charge in [-0.1, -0.05) is 11.3 Å². The Hall–Kier alpha value is -4.09. The van der Waals surface area contributed by atoms with Crippen molar-refractivity contribution in [2.45, 2.75) is 56.8 Å². The van der Waals surface area contributed by atoms with Gasteiger partial charge >= 0.3 is 0 Å². The minimum Gasteiger partial charge on any atom is -0.357 e. The number of likely N-dealkylation sites (tertiary alicyclic amines) is 1. The third kappa shape index (κ3) is 3.39. The van der Waals surface area contributed by atoms with Gasteiger partial charge in [0.1, 0.15) is 12.1 Å². The van der Waals surface area contributed by atoms with Gasteiger partial charge in [0.15, 0.2) is 5.69 Å². The molecule has 3 fully saturated rings. The van der Waals surface area contributed by atoms with Crippen molar-refractivity contribution in [2.75, 3.05) is 7.05 Å². The number of rotatable bonds is 4. The van der Waals surface area contributed by atoms with Crippen LogP contribution in [0.5, 0.6) is 0 Å². The highest BCUT2D eigenvalue weighted by molar-refractivity contribution is 6.05. The molecule has 1 aliphatic carbocycles. The lowest BCUT2D eigenvalue weighted by Gasteiger charge is -2.33. The second-order valence-electron chi connectivity index (χ2n) is 9.79. The standard InChI is InChI=1S/C24H25N7O5/c1-25-22(34)20-12-2-5-15(8-12)31(20)24(36)17-11-30(28-27-17)14-4-3-13-10-29(23(35)16(13)9-14)18-6-7-19(32)26-21(18)33/h3-4,9,11-12,15,18,20H,2,5-8,10H2,1H3,(H,25,34)(H,26,32,33)/t12-,15+,18?,20-/m0/s1. The second-order valence-corrected chi connectivity index (χ2v) is 9.79. The molecule has 6 rings (SSSR count). The number of hydrogen-bond acceptors (Lipinski definition) is 7. The summed E-state index contributed by atoms with van der Waals surface area (Å²) < 4.78 is 1.43. The molecule has 186 valence electrons. The summed E-state index contributed by atoms with van der Waals surface area (Å²) in [7, 11) is 1.57. The molecule has 1 unspecified atom stereocenters. The van der Waals surface area contributed by atoms with Crippen LogP contribution in [0.15, 0.2) is 24.4 Å². The van der Waals surface area contributed by atoms with Gasteiger partial charge in [0.05, 0.1) is 11.9 Å². The first-order valence-corrected chi connectivity index (χ1v) is 12.1. The molecular formula is C24H25N7O5. The number of hydrogen-bond donors (Lipinski definition) is 2. The molecular weight excluding hydrogens is 466 g/mol. The molecule has 5 amide bonds. The molecule has 4 atom stereocenters. The number of aromatic nitrogens is 3. The summed E-state index contributed by atoms with van der Waals surface area (Å²) >= 11 is 0. The fraction of sp³-hybridized carbons (Fsp3) is 0.458. The largest absolute Gasteiger partial charge is 0.357 e. The Labute approximate surface area is 206 Å². The van der Waals surface area contributed by atoms with Crippen molar-refractivity contribution in [1.82, 2.24) is 35.4 Å². The number of carbonyl (C=O) groups excluding carboxylic acids is 5. The molecule has 0 spiro atoms. The van der Waals surface area contributed by atoms with E-state index in [1.165, 1.54) is 15.8 Å². The van der Waals surface area contributed by atoms with Crippen LogP contribution in [0.25, 0.3) is 5.69 Å². The summed E-state index contributed by atoms with van der Waals surface area (Å²) in [6, 6.07) is 4.06. The van der Waals surface area contributed by atoms with Gasteiger partial charge in [-0.3, -0.25) is 29.3 Å². The highest BCUT2D eigenvalue weighted by Crippen LogP contribution is 2.43. The molecule has 1 aromatic carbocycles. The summed E-state index contributed by atoms with van der Waals surface area (Å²) in [4.78, 5) is 65.8. The number of nitrogens with zero attached hydrogens (tertiary/aromatic N) is 5. The van der Waals surface area contributed by atoms with E-state index in [0.29, 0.717) is 17.7 Å². The van der Waals surface area contributed by atoms with Crippen molar-refractivity contribution in [1.29, 1.82) is 0 Å². The molecule has 1 saturated carbocycles. The van der Waals surface area contributed by atoms with Gasteiger partial charge in [0.25, 0.3) is 11.8 Å². The van der Waals surface area contributed by atoms with Crippen LogP contribution in [0, 0.1) is 5.92 Å². The molecule has 4 aliphatic rings. The van der Waals surface area contributed by atoms with Crippen molar-refractivity contribution in [3.63, 3.8) is 0 Å². The van der Waals surface area contributed by atoms with Crippen molar-refractivity contribution in [2.24, 2.45) is 5.92 Å². The zero-order chi connectivity index (χ0) is 25.1. The number of benzene rings is 1. The Morgan fingerprint density at radius 1 is 1.14 bits per heavy atom. The van der Waals surface area contributed by atoms with Crippen molar-refractivity contribution >= 4 is 29.5 Å². The minimum atomic E-state index is -0.689. The summed E-state index contributed by atoms with van der Waals surface area (Å²) in [5.41, 5.74) is 1.89. The summed E-state index contributed by atoms with van der Waals surface area (Å²) in [6.07, 6.45) is 4.61. The van der Waals surface area contributed by atoms with Crippen LogP contribution in [0.2, 0.25) is 0 Å². The van der Waals surface area contributed by atoms with Gasteiger partial charge in [-0.25, -0.2) is 4.68 Å². The van der Waals surface area contributed by atoms with Gasteiger partial charge in [-0.05, 0) is 49.3 Å². The minimum absolute atomic E-state index is 0.0193. The maximum absolute atomic E-state index is 13.3. The summed E-state index contributed by atoms with van der Waals surface area (Å²) in [6.45, 7) is 0.278. The van der Waals surface area contributed by atoms with E-state index < -0.39 is 18.0 Å². The molecule has 4 heterocycles. The Morgan fingerprint density at radius 3 is 2.75 bits per heavy atom. The summed E-state index contributed by atoms with van der Waals surface area (Å²) in [5, 5.41) is 13.1. The number of likely N-dealkylation sites (N-methyl/N-ethyl adjacent to an activating group) is 1. The average Bonchev–Trinajstić information content (AvgIpc) is 3.67. The van der Waals surface area contributed by atoms with E-state index in [9.17, 15) is 24.0 Å². The van der Waals surface area contributed by atoms with Crippen LogP contribution in [0.1, 0.15) is 58.5 Å². The van der Waals surface area contributed by atoms with Crippen LogP contribution < -0.4 is 10.6 Å². The molecule has 3 aliphatic heterocycles. The normalized spacial score (nSPS) is 26.9. The van der Waals surface area contributed by atoms with E-state index in [1.807, 2.05) is 0 Å². The van der Waals surface area contributed by atoms with Crippen LogP contribution >= 0.6 is 0 Å². The smallest absolute Gasteiger partial charge is 0.276 e. The van der Waals surface area contributed by atoms with E-state index in [0.717, 1.165) is 24.8 Å². The lowest BCUT2D eigenvalue weighted by Crippen LogP contribution is -2.52. The fourth-order valence-corrected chi connectivity index (χ4v) is 6.07. The summed E-state index contributed by atoms with van der Waals surface area (Å²) in [5.74, 6) is -1.42. The first-order chi connectivity index (χ1) is 17.4. The molecule has 2 aromatic rings. The lowest BCUT2D eigenvalue weighted by molar-refractivity contribution is -0.137. The van der Waals surface area contributed by atoms with Crippen molar-refractivity contribution in [3.8, 4) is 5.69 Å². The zero-order valence-corrected chi connectivity index (χ0v) is 19.6. The monoisotopic (exact) mass is 491 g/mol. The molecule has 2 saturated heterocycles. The Kier molecular flexibility index (Phi) is 5.13. The van der Waals surface area contributed by atoms with Gasteiger partial charge in [0.2, 0.25) is 17.7 Å². The predicted molar refractivity (Wildman–Crippen MR) is 123 cm³/mol. The van der Waals surface area contributed by atoms with Crippen LogP contribution in [0.4, 0.5) is 0 Å². The topological polar surface area (TPSA) is 147 Å². The highest BCUT2D eigenvalue weighted by Gasteiger charge is 2.51. The van der Waals surface area contributed by atoms with E-state index >= 15 is 0 Å². The average molecular weight is 492 g/mol. The number of imide groups is 1. The van der Waals surface area contributed by atoms with Gasteiger partial charge in [0, 0.05) is 31.6 Å². The number of fused-ring (bicyclic) bond motifs is 3. The van der Waals surface area contributed by atoms with Crippen LogP contribution in [-0.4, -0.2) is 79.5 Å². The van der Waals surface area contributed by atoms with Crippen LogP contribution in [-0.2, 0) is 20.9 Å². The van der Waals surface area contributed by atoms with Gasteiger partial charge in [-0.2, -0.15) is 0 Å². The second kappa shape index (κ2) is 8.25.